The van der Waals surface area contributed by atoms with Gasteiger partial charge in [0.15, 0.2) is 0 Å². The number of benzene rings is 1. The lowest BCUT2D eigenvalue weighted by atomic mass is 10.0. The van der Waals surface area contributed by atoms with Gasteiger partial charge >= 0.3 is 0 Å². The molecular weight excluding hydrogens is 243 g/mol. The van der Waals surface area contributed by atoms with Crippen LogP contribution >= 0.6 is 0 Å². The minimum atomic E-state index is -0.236. The molecule has 0 fully saturated rings. The third kappa shape index (κ3) is 2.08. The fraction of sp³-hybridized carbons (Fsp3) is 0.143. The van der Waals surface area contributed by atoms with Crippen LogP contribution in [0.15, 0.2) is 49.1 Å². The smallest absolute Gasteiger partial charge is 0.123 e. The third-order valence-electron chi connectivity index (χ3n) is 3.16. The molecule has 4 nitrogen and oxygen atoms in total. The van der Waals surface area contributed by atoms with Gasteiger partial charge in [0.05, 0.1) is 24.0 Å². The zero-order valence-electron chi connectivity index (χ0n) is 10.4. The van der Waals surface area contributed by atoms with E-state index in [0.29, 0.717) is 0 Å². The Labute approximate surface area is 109 Å². The molecule has 3 rings (SSSR count). The lowest BCUT2D eigenvalue weighted by Crippen LogP contribution is -2.17. The number of aromatic nitrogens is 3. The predicted molar refractivity (Wildman–Crippen MR) is 70.3 cm³/mol. The highest BCUT2D eigenvalue weighted by Gasteiger charge is 2.16. The zero-order chi connectivity index (χ0) is 13.2. The molecule has 0 aliphatic rings. The molecule has 3 aromatic rings. The van der Waals surface area contributed by atoms with E-state index in [-0.39, 0.29) is 11.9 Å². The number of halogens is 1. The van der Waals surface area contributed by atoms with Crippen molar-refractivity contribution < 1.29 is 4.39 Å². The summed E-state index contributed by atoms with van der Waals surface area (Å²) in [5.74, 6) is -0.236. The van der Waals surface area contributed by atoms with Crippen LogP contribution in [-0.2, 0) is 0 Å². The third-order valence-corrected chi connectivity index (χ3v) is 3.16. The Morgan fingerprint density at radius 2 is 2.00 bits per heavy atom. The highest BCUT2D eigenvalue weighted by molar-refractivity contribution is 5.55. The predicted octanol–water partition coefficient (Wildman–Crippen LogP) is 2.18. The molecule has 0 aliphatic carbocycles. The zero-order valence-corrected chi connectivity index (χ0v) is 10.4. The first-order valence-electron chi connectivity index (χ1n) is 5.99. The van der Waals surface area contributed by atoms with Crippen LogP contribution in [0.4, 0.5) is 4.39 Å². The van der Waals surface area contributed by atoms with E-state index in [0.717, 1.165) is 16.6 Å². The van der Waals surface area contributed by atoms with Gasteiger partial charge in [-0.15, -0.1) is 0 Å². The molecule has 0 radical (unpaired) electrons. The summed E-state index contributed by atoms with van der Waals surface area (Å²) in [4.78, 5) is 4.12. The van der Waals surface area contributed by atoms with E-state index >= 15 is 0 Å². The average Bonchev–Trinajstić information content (AvgIpc) is 2.86. The van der Waals surface area contributed by atoms with Gasteiger partial charge in [-0.25, -0.2) is 8.91 Å². The van der Waals surface area contributed by atoms with Crippen LogP contribution in [0.3, 0.4) is 0 Å². The van der Waals surface area contributed by atoms with Gasteiger partial charge in [-0.1, -0.05) is 12.1 Å². The normalized spacial score (nSPS) is 12.7. The van der Waals surface area contributed by atoms with E-state index in [9.17, 15) is 4.39 Å². The van der Waals surface area contributed by atoms with Crippen LogP contribution < -0.4 is 5.32 Å². The van der Waals surface area contributed by atoms with E-state index < -0.39 is 0 Å². The van der Waals surface area contributed by atoms with E-state index in [1.165, 1.54) is 12.1 Å². The Kier molecular flexibility index (Phi) is 2.97. The Balaban J connectivity index is 2.09. The van der Waals surface area contributed by atoms with Gasteiger partial charge in [0.2, 0.25) is 0 Å². The molecule has 2 aromatic heterocycles. The molecule has 1 N–H and O–H groups in total. The van der Waals surface area contributed by atoms with Crippen LogP contribution in [0.25, 0.3) is 5.52 Å². The molecule has 1 unspecified atom stereocenters. The van der Waals surface area contributed by atoms with Crippen molar-refractivity contribution >= 4 is 5.52 Å². The summed E-state index contributed by atoms with van der Waals surface area (Å²) in [6.45, 7) is 0. The molecule has 5 heteroatoms. The number of nitrogens with zero attached hydrogens (tertiary/aromatic N) is 3. The molecule has 0 saturated heterocycles. The van der Waals surface area contributed by atoms with Crippen LogP contribution in [0, 0.1) is 5.82 Å². The molecule has 0 saturated carbocycles. The van der Waals surface area contributed by atoms with Crippen LogP contribution in [-0.4, -0.2) is 21.6 Å². The Bertz CT molecular complexity index is 690. The molecule has 0 aliphatic heterocycles. The van der Waals surface area contributed by atoms with Gasteiger partial charge in [0.1, 0.15) is 5.82 Å². The molecule has 0 bridgehead atoms. The number of nitrogens with one attached hydrogen (secondary N) is 1. The molecule has 2 heterocycles. The Morgan fingerprint density at radius 1 is 1.21 bits per heavy atom. The molecule has 1 aromatic carbocycles. The molecule has 0 amide bonds. The van der Waals surface area contributed by atoms with Crippen LogP contribution in [0.2, 0.25) is 0 Å². The average molecular weight is 256 g/mol. The van der Waals surface area contributed by atoms with Crippen molar-refractivity contribution in [3.8, 4) is 0 Å². The van der Waals surface area contributed by atoms with Gasteiger partial charge < -0.3 is 5.32 Å². The summed E-state index contributed by atoms with van der Waals surface area (Å²) in [7, 11) is 1.87. The van der Waals surface area contributed by atoms with Gasteiger partial charge in [-0.2, -0.15) is 5.10 Å². The molecule has 19 heavy (non-hydrogen) atoms. The van der Waals surface area contributed by atoms with Gasteiger partial charge in [0.25, 0.3) is 0 Å². The summed E-state index contributed by atoms with van der Waals surface area (Å²) in [6.07, 6.45) is 7.07. The van der Waals surface area contributed by atoms with Crippen LogP contribution in [0.1, 0.15) is 17.2 Å². The van der Waals surface area contributed by atoms with Crippen molar-refractivity contribution in [2.45, 2.75) is 6.04 Å². The fourth-order valence-corrected chi connectivity index (χ4v) is 2.23. The van der Waals surface area contributed by atoms with Crippen LogP contribution in [0.5, 0.6) is 0 Å². The van der Waals surface area contributed by atoms with Crippen molar-refractivity contribution in [3.05, 3.63) is 66.0 Å². The first-order valence-corrected chi connectivity index (χ1v) is 5.99. The summed E-state index contributed by atoms with van der Waals surface area (Å²) < 4.78 is 14.8. The maximum atomic E-state index is 13.0. The minimum Gasteiger partial charge on any atom is -0.309 e. The van der Waals surface area contributed by atoms with Crippen molar-refractivity contribution in [1.82, 2.24) is 19.9 Å². The quantitative estimate of drug-likeness (QED) is 0.781. The lowest BCUT2D eigenvalue weighted by Gasteiger charge is -2.15. The summed E-state index contributed by atoms with van der Waals surface area (Å²) in [6, 6.07) is 6.43. The van der Waals surface area contributed by atoms with Crippen molar-refractivity contribution in [3.63, 3.8) is 0 Å². The maximum Gasteiger partial charge on any atom is 0.123 e. The molecule has 0 spiro atoms. The van der Waals surface area contributed by atoms with E-state index in [1.807, 2.05) is 13.2 Å². The lowest BCUT2D eigenvalue weighted by molar-refractivity contribution is 0.623. The number of hydrogen-bond acceptors (Lipinski definition) is 3. The topological polar surface area (TPSA) is 42.2 Å². The Hall–Kier alpha value is -2.27. The molecule has 1 atom stereocenters. The largest absolute Gasteiger partial charge is 0.309 e. The fourth-order valence-electron chi connectivity index (χ4n) is 2.23. The second kappa shape index (κ2) is 4.78. The van der Waals surface area contributed by atoms with E-state index in [2.05, 4.69) is 15.4 Å². The van der Waals surface area contributed by atoms with E-state index in [4.69, 9.17) is 0 Å². The van der Waals surface area contributed by atoms with Gasteiger partial charge in [0, 0.05) is 18.0 Å². The van der Waals surface area contributed by atoms with Gasteiger partial charge in [-0.3, -0.25) is 4.98 Å². The second-order valence-electron chi connectivity index (χ2n) is 4.28. The molecular formula is C14H13FN4. The number of hydrogen-bond donors (Lipinski definition) is 1. The maximum absolute atomic E-state index is 13.0. The molecule has 96 valence electrons. The summed E-state index contributed by atoms with van der Waals surface area (Å²) in [5, 5.41) is 7.52. The summed E-state index contributed by atoms with van der Waals surface area (Å²) >= 11 is 0. The second-order valence-corrected chi connectivity index (χ2v) is 4.28. The first kappa shape index (κ1) is 11.8. The van der Waals surface area contributed by atoms with Crippen molar-refractivity contribution in [1.29, 1.82) is 0 Å². The monoisotopic (exact) mass is 256 g/mol. The summed E-state index contributed by atoms with van der Waals surface area (Å²) in [5.41, 5.74) is 2.94. The van der Waals surface area contributed by atoms with Crippen molar-refractivity contribution in [2.75, 3.05) is 7.05 Å². The minimum absolute atomic E-state index is 0.0395. The first-order chi connectivity index (χ1) is 9.29. The standard InChI is InChI=1S/C14H13FN4/c1-16-14(10-2-4-11(15)5-3-10)12-8-18-19-7-6-17-9-13(12)19/h2-9,14,16H,1H3. The number of rotatable bonds is 3. The number of fused-ring (bicyclic) bond motifs is 1. The highest BCUT2D eigenvalue weighted by Crippen LogP contribution is 2.25. The highest BCUT2D eigenvalue weighted by atomic mass is 19.1. The van der Waals surface area contributed by atoms with Crippen molar-refractivity contribution in [2.24, 2.45) is 0 Å². The van der Waals surface area contributed by atoms with Gasteiger partial charge in [-0.05, 0) is 24.7 Å². The Morgan fingerprint density at radius 3 is 2.74 bits per heavy atom. The SMILES string of the molecule is CNC(c1ccc(F)cc1)c1cnn2ccncc12. The van der Waals surface area contributed by atoms with E-state index in [1.54, 1.807) is 35.2 Å².